The largest absolute Gasteiger partial charge is 0.572 e. The number of hydrogen-bond donors (Lipinski definition) is 0. The fourth-order valence-electron chi connectivity index (χ4n) is 1.76. The molecule has 20 heavy (non-hydrogen) atoms. The van der Waals surface area contributed by atoms with Crippen molar-refractivity contribution >= 4 is 15.7 Å². The highest BCUT2D eigenvalue weighted by molar-refractivity contribution is 7.94. The van der Waals surface area contributed by atoms with Crippen LogP contribution in [0.15, 0.2) is 47.4 Å². The summed E-state index contributed by atoms with van der Waals surface area (Å²) in [5.41, 5.74) is 2.35. The van der Waals surface area contributed by atoms with Gasteiger partial charge in [0, 0.05) is 0 Å². The number of benzene rings is 2. The van der Waals surface area contributed by atoms with Gasteiger partial charge < -0.3 is 9.46 Å². The SMILES string of the molecule is COc1ccc(S(=O)(=O)[N-]c2cccc(C)c2C)cc1. The summed E-state index contributed by atoms with van der Waals surface area (Å²) in [7, 11) is -2.18. The molecule has 2 aromatic rings. The first-order valence-corrected chi connectivity index (χ1v) is 7.56. The van der Waals surface area contributed by atoms with Gasteiger partial charge in [0.05, 0.1) is 12.0 Å². The van der Waals surface area contributed by atoms with Gasteiger partial charge in [0.25, 0.3) is 0 Å². The van der Waals surface area contributed by atoms with E-state index in [4.69, 9.17) is 4.74 Å². The van der Waals surface area contributed by atoms with E-state index in [0.29, 0.717) is 11.4 Å². The summed E-state index contributed by atoms with van der Waals surface area (Å²) in [5, 5.41) is 0. The van der Waals surface area contributed by atoms with E-state index in [9.17, 15) is 8.42 Å². The van der Waals surface area contributed by atoms with Gasteiger partial charge in [-0.25, -0.2) is 8.42 Å². The quantitative estimate of drug-likeness (QED) is 0.862. The maximum atomic E-state index is 12.3. The highest BCUT2D eigenvalue weighted by Gasteiger charge is 2.06. The van der Waals surface area contributed by atoms with Crippen LogP contribution in [0, 0.1) is 13.8 Å². The molecule has 0 N–H and O–H groups in total. The van der Waals surface area contributed by atoms with Crippen molar-refractivity contribution in [3.63, 3.8) is 0 Å². The number of rotatable bonds is 4. The zero-order chi connectivity index (χ0) is 14.8. The fourth-order valence-corrected chi connectivity index (χ4v) is 2.81. The Bertz CT molecular complexity index is 706. The van der Waals surface area contributed by atoms with Gasteiger partial charge in [-0.2, -0.15) is 0 Å². The van der Waals surface area contributed by atoms with E-state index in [-0.39, 0.29) is 4.90 Å². The van der Waals surface area contributed by atoms with Crippen LogP contribution < -0.4 is 4.74 Å². The van der Waals surface area contributed by atoms with Gasteiger partial charge in [0.2, 0.25) is 0 Å². The molecule has 0 saturated carbocycles. The van der Waals surface area contributed by atoms with Crippen LogP contribution in [0.5, 0.6) is 5.75 Å². The van der Waals surface area contributed by atoms with Gasteiger partial charge in [-0.1, -0.05) is 23.8 Å². The first-order chi connectivity index (χ1) is 9.44. The third kappa shape index (κ3) is 2.93. The molecule has 0 radical (unpaired) electrons. The van der Waals surface area contributed by atoms with Gasteiger partial charge in [-0.15, -0.1) is 5.69 Å². The van der Waals surface area contributed by atoms with Crippen LogP contribution in [0.1, 0.15) is 11.1 Å². The van der Waals surface area contributed by atoms with Crippen LogP contribution in [-0.2, 0) is 10.0 Å². The molecule has 4 nitrogen and oxygen atoms in total. The predicted octanol–water partition coefficient (Wildman–Crippen LogP) is 3.71. The number of ether oxygens (including phenoxy) is 1. The molecule has 0 saturated heterocycles. The van der Waals surface area contributed by atoms with Crippen molar-refractivity contribution in [2.75, 3.05) is 7.11 Å². The van der Waals surface area contributed by atoms with E-state index in [1.807, 2.05) is 19.9 Å². The zero-order valence-electron chi connectivity index (χ0n) is 11.6. The second kappa shape index (κ2) is 5.54. The second-order valence-electron chi connectivity index (χ2n) is 4.46. The van der Waals surface area contributed by atoms with Crippen molar-refractivity contribution in [1.82, 2.24) is 0 Å². The molecule has 2 rings (SSSR count). The first kappa shape index (κ1) is 14.4. The van der Waals surface area contributed by atoms with Crippen molar-refractivity contribution in [1.29, 1.82) is 0 Å². The van der Waals surface area contributed by atoms with Gasteiger partial charge in [-0.05, 0) is 43.7 Å². The van der Waals surface area contributed by atoms with Crippen LogP contribution in [0.25, 0.3) is 4.72 Å². The lowest BCUT2D eigenvalue weighted by atomic mass is 10.1. The molecule has 106 valence electrons. The van der Waals surface area contributed by atoms with Crippen molar-refractivity contribution in [2.45, 2.75) is 18.7 Å². The number of methoxy groups -OCH3 is 1. The minimum atomic E-state index is -3.71. The van der Waals surface area contributed by atoms with Gasteiger partial charge in [0.15, 0.2) is 0 Å². The molecule has 0 heterocycles. The van der Waals surface area contributed by atoms with E-state index in [1.54, 1.807) is 24.3 Å². The molecular formula is C15H16NO3S-. The van der Waals surface area contributed by atoms with E-state index in [0.717, 1.165) is 11.1 Å². The number of sulfonamides is 1. The number of nitrogens with zero attached hydrogens (tertiary/aromatic N) is 1. The Morgan fingerprint density at radius 1 is 1.00 bits per heavy atom. The van der Waals surface area contributed by atoms with Crippen LogP contribution in [0.2, 0.25) is 0 Å². The summed E-state index contributed by atoms with van der Waals surface area (Å²) >= 11 is 0. The highest BCUT2D eigenvalue weighted by atomic mass is 32.2. The van der Waals surface area contributed by atoms with Gasteiger partial charge in [0.1, 0.15) is 15.8 Å². The zero-order valence-corrected chi connectivity index (χ0v) is 12.4. The van der Waals surface area contributed by atoms with E-state index >= 15 is 0 Å². The Balaban J connectivity index is 2.33. The molecule has 2 aromatic carbocycles. The van der Waals surface area contributed by atoms with Gasteiger partial charge >= 0.3 is 0 Å². The lowest BCUT2D eigenvalue weighted by molar-refractivity contribution is 0.414. The van der Waals surface area contributed by atoms with Crippen molar-refractivity contribution < 1.29 is 13.2 Å². The first-order valence-electron chi connectivity index (χ1n) is 6.12. The summed E-state index contributed by atoms with van der Waals surface area (Å²) in [4.78, 5) is 0.152. The lowest BCUT2D eigenvalue weighted by Crippen LogP contribution is -1.98. The molecule has 0 atom stereocenters. The maximum Gasteiger partial charge on any atom is 0.123 e. The van der Waals surface area contributed by atoms with Crippen LogP contribution >= 0.6 is 0 Å². The van der Waals surface area contributed by atoms with Crippen molar-refractivity contribution in [2.24, 2.45) is 0 Å². The summed E-state index contributed by atoms with van der Waals surface area (Å²) in [6, 6.07) is 11.6. The topological polar surface area (TPSA) is 57.5 Å². The standard InChI is InChI=1S/C15H16NO3S/c1-11-5-4-6-15(12(11)2)16-20(17,18)14-9-7-13(19-3)8-10-14/h4-10H,1-3H3/q-1. The Morgan fingerprint density at radius 3 is 2.25 bits per heavy atom. The molecular weight excluding hydrogens is 274 g/mol. The molecule has 0 spiro atoms. The molecule has 0 aliphatic heterocycles. The summed E-state index contributed by atoms with van der Waals surface area (Å²) in [6.45, 7) is 3.78. The number of hydrogen-bond acceptors (Lipinski definition) is 3. The number of aryl methyl sites for hydroxylation is 1. The Morgan fingerprint density at radius 2 is 1.65 bits per heavy atom. The maximum absolute atomic E-state index is 12.3. The molecule has 0 amide bonds. The smallest absolute Gasteiger partial charge is 0.123 e. The average molecular weight is 290 g/mol. The molecule has 0 unspecified atom stereocenters. The Hall–Kier alpha value is -2.01. The molecule has 0 aliphatic rings. The molecule has 5 heteroatoms. The third-order valence-corrected chi connectivity index (χ3v) is 4.46. The van der Waals surface area contributed by atoms with Crippen molar-refractivity contribution in [3.05, 3.63) is 58.3 Å². The summed E-state index contributed by atoms with van der Waals surface area (Å²) in [5.74, 6) is 0.607. The van der Waals surface area contributed by atoms with Crippen LogP contribution in [-0.4, -0.2) is 15.5 Å². The Kier molecular flexibility index (Phi) is 3.99. The third-order valence-electron chi connectivity index (χ3n) is 3.15. The fraction of sp³-hybridized carbons (Fsp3) is 0.200. The van der Waals surface area contributed by atoms with E-state index < -0.39 is 10.0 Å². The van der Waals surface area contributed by atoms with Gasteiger partial charge in [-0.3, -0.25) is 0 Å². The normalized spacial score (nSPS) is 11.2. The predicted molar refractivity (Wildman–Crippen MR) is 79.1 cm³/mol. The van der Waals surface area contributed by atoms with Crippen LogP contribution in [0.3, 0.4) is 0 Å². The second-order valence-corrected chi connectivity index (χ2v) is 6.07. The lowest BCUT2D eigenvalue weighted by Gasteiger charge is -2.25. The molecule has 0 aromatic heterocycles. The van der Waals surface area contributed by atoms with Crippen LogP contribution in [0.4, 0.5) is 5.69 Å². The average Bonchev–Trinajstić information content (AvgIpc) is 2.44. The van der Waals surface area contributed by atoms with E-state index in [1.165, 1.54) is 19.2 Å². The Labute approximate surface area is 119 Å². The molecule has 0 aliphatic carbocycles. The monoisotopic (exact) mass is 290 g/mol. The molecule has 0 bridgehead atoms. The van der Waals surface area contributed by atoms with Crippen molar-refractivity contribution in [3.8, 4) is 5.75 Å². The van der Waals surface area contributed by atoms with E-state index in [2.05, 4.69) is 4.72 Å². The summed E-state index contributed by atoms with van der Waals surface area (Å²) in [6.07, 6.45) is 0. The highest BCUT2D eigenvalue weighted by Crippen LogP contribution is 2.32. The minimum absolute atomic E-state index is 0.152. The molecule has 0 fully saturated rings. The minimum Gasteiger partial charge on any atom is -0.572 e. The summed E-state index contributed by atoms with van der Waals surface area (Å²) < 4.78 is 33.4.